The average Bonchev–Trinajstić information content (AvgIpc) is 2.32. The predicted molar refractivity (Wildman–Crippen MR) is 66.0 cm³/mol. The fourth-order valence-corrected chi connectivity index (χ4v) is 3.00. The van der Waals surface area contributed by atoms with E-state index in [2.05, 4.69) is 22.4 Å². The largest absolute Gasteiger partial charge is 0.316 e. The summed E-state index contributed by atoms with van der Waals surface area (Å²) in [6.45, 7) is 2.41. The molecule has 1 saturated heterocycles. The second-order valence-corrected chi connectivity index (χ2v) is 5.08. The van der Waals surface area contributed by atoms with Crippen LogP contribution in [0.25, 0.3) is 0 Å². The Balaban J connectivity index is 1.66. The molecule has 0 aliphatic carbocycles. The van der Waals surface area contributed by atoms with Gasteiger partial charge in [0, 0.05) is 11.9 Å². The summed E-state index contributed by atoms with van der Waals surface area (Å²) in [6.07, 6.45) is 4.61. The van der Waals surface area contributed by atoms with Crippen LogP contribution in [0.1, 0.15) is 18.5 Å². The minimum atomic E-state index is 0.868. The Bertz CT molecular complexity index is 270. The Labute approximate surface area is 95.9 Å². The third kappa shape index (κ3) is 3.84. The van der Waals surface area contributed by atoms with Gasteiger partial charge in [-0.3, -0.25) is 4.98 Å². The zero-order valence-electron chi connectivity index (χ0n) is 8.98. The highest BCUT2D eigenvalue weighted by Gasteiger charge is 2.12. The highest BCUT2D eigenvalue weighted by molar-refractivity contribution is 7.98. The van der Waals surface area contributed by atoms with Crippen LogP contribution in [-0.4, -0.2) is 23.8 Å². The molecule has 15 heavy (non-hydrogen) atoms. The van der Waals surface area contributed by atoms with Crippen LogP contribution < -0.4 is 5.32 Å². The van der Waals surface area contributed by atoms with E-state index in [1.165, 1.54) is 37.4 Å². The number of nitrogens with zero attached hydrogens (tertiary/aromatic N) is 1. The van der Waals surface area contributed by atoms with Gasteiger partial charge < -0.3 is 5.32 Å². The van der Waals surface area contributed by atoms with Crippen LogP contribution >= 0.6 is 11.8 Å². The maximum Gasteiger partial charge on any atom is 0.0502 e. The van der Waals surface area contributed by atoms with Crippen LogP contribution in [0.4, 0.5) is 0 Å². The second kappa shape index (κ2) is 6.13. The molecule has 0 amide bonds. The van der Waals surface area contributed by atoms with E-state index >= 15 is 0 Å². The van der Waals surface area contributed by atoms with Gasteiger partial charge in [-0.1, -0.05) is 6.07 Å². The molecule has 0 saturated carbocycles. The molecule has 0 radical (unpaired) electrons. The highest BCUT2D eigenvalue weighted by Crippen LogP contribution is 2.18. The lowest BCUT2D eigenvalue weighted by atomic mass is 10.0. The lowest BCUT2D eigenvalue weighted by Crippen LogP contribution is -2.30. The van der Waals surface area contributed by atoms with Gasteiger partial charge in [-0.25, -0.2) is 0 Å². The summed E-state index contributed by atoms with van der Waals surface area (Å²) in [4.78, 5) is 4.32. The Morgan fingerprint density at radius 2 is 2.47 bits per heavy atom. The monoisotopic (exact) mass is 222 g/mol. The first kappa shape index (κ1) is 11.0. The molecule has 1 atom stereocenters. The van der Waals surface area contributed by atoms with E-state index < -0.39 is 0 Å². The lowest BCUT2D eigenvalue weighted by molar-refractivity contribution is 0.410. The Hall–Kier alpha value is -0.540. The summed E-state index contributed by atoms with van der Waals surface area (Å²) in [5, 5.41) is 3.45. The van der Waals surface area contributed by atoms with Crippen molar-refractivity contribution in [3.63, 3.8) is 0 Å². The van der Waals surface area contributed by atoms with Crippen molar-refractivity contribution in [3.8, 4) is 0 Å². The number of thioether (sulfide) groups is 1. The topological polar surface area (TPSA) is 24.9 Å². The quantitative estimate of drug-likeness (QED) is 0.846. The molecule has 2 nitrogen and oxygen atoms in total. The first-order valence-corrected chi connectivity index (χ1v) is 6.79. The van der Waals surface area contributed by atoms with Crippen LogP contribution in [0.3, 0.4) is 0 Å². The number of rotatable bonds is 4. The fourth-order valence-electron chi connectivity index (χ4n) is 1.88. The normalized spacial score (nSPS) is 21.5. The van der Waals surface area contributed by atoms with E-state index in [-0.39, 0.29) is 0 Å². The number of nitrogens with one attached hydrogen (secondary N) is 1. The molecular formula is C12H18N2S. The minimum Gasteiger partial charge on any atom is -0.316 e. The summed E-state index contributed by atoms with van der Waals surface area (Å²) < 4.78 is 0. The molecule has 1 aromatic heterocycles. The van der Waals surface area contributed by atoms with Crippen molar-refractivity contribution in [2.24, 2.45) is 5.92 Å². The van der Waals surface area contributed by atoms with Crippen molar-refractivity contribution in [1.82, 2.24) is 10.3 Å². The molecular weight excluding hydrogens is 204 g/mol. The van der Waals surface area contributed by atoms with Gasteiger partial charge in [0.2, 0.25) is 0 Å². The van der Waals surface area contributed by atoms with Gasteiger partial charge in [-0.05, 0) is 49.7 Å². The van der Waals surface area contributed by atoms with Crippen molar-refractivity contribution in [1.29, 1.82) is 0 Å². The Kier molecular flexibility index (Phi) is 4.48. The summed E-state index contributed by atoms with van der Waals surface area (Å²) in [7, 11) is 0. The van der Waals surface area contributed by atoms with Gasteiger partial charge in [0.1, 0.15) is 0 Å². The molecule has 1 aromatic rings. The molecule has 1 aliphatic heterocycles. The van der Waals surface area contributed by atoms with Gasteiger partial charge >= 0.3 is 0 Å². The van der Waals surface area contributed by atoms with Crippen LogP contribution in [0.5, 0.6) is 0 Å². The van der Waals surface area contributed by atoms with Crippen molar-refractivity contribution in [3.05, 3.63) is 30.1 Å². The third-order valence-electron chi connectivity index (χ3n) is 2.73. The Morgan fingerprint density at radius 1 is 1.47 bits per heavy atom. The van der Waals surface area contributed by atoms with Crippen LogP contribution in [0.2, 0.25) is 0 Å². The fraction of sp³-hybridized carbons (Fsp3) is 0.583. The second-order valence-electron chi connectivity index (χ2n) is 4.05. The first-order chi connectivity index (χ1) is 7.45. The van der Waals surface area contributed by atoms with Gasteiger partial charge in [0.05, 0.1) is 5.69 Å². The van der Waals surface area contributed by atoms with Gasteiger partial charge in [-0.15, -0.1) is 0 Å². The molecule has 1 aliphatic rings. The van der Waals surface area contributed by atoms with E-state index in [1.54, 1.807) is 0 Å². The van der Waals surface area contributed by atoms with Gasteiger partial charge in [0.25, 0.3) is 0 Å². The summed E-state index contributed by atoms with van der Waals surface area (Å²) >= 11 is 2.01. The molecule has 1 fully saturated rings. The van der Waals surface area contributed by atoms with E-state index in [0.717, 1.165) is 11.7 Å². The van der Waals surface area contributed by atoms with Crippen LogP contribution in [0.15, 0.2) is 24.4 Å². The molecule has 82 valence electrons. The number of hydrogen-bond acceptors (Lipinski definition) is 3. The van der Waals surface area contributed by atoms with E-state index in [1.807, 2.05) is 24.0 Å². The first-order valence-electron chi connectivity index (χ1n) is 5.63. The van der Waals surface area contributed by atoms with E-state index in [4.69, 9.17) is 0 Å². The average molecular weight is 222 g/mol. The maximum atomic E-state index is 4.32. The lowest BCUT2D eigenvalue weighted by Gasteiger charge is -2.22. The number of piperidine rings is 1. The minimum absolute atomic E-state index is 0.868. The molecule has 1 N–H and O–H groups in total. The summed E-state index contributed by atoms with van der Waals surface area (Å²) in [5.41, 5.74) is 1.20. The predicted octanol–water partition coefficient (Wildman–Crippen LogP) is 2.31. The summed E-state index contributed by atoms with van der Waals surface area (Å²) in [6, 6.07) is 6.14. The van der Waals surface area contributed by atoms with Crippen LogP contribution in [0, 0.1) is 5.92 Å². The van der Waals surface area contributed by atoms with Gasteiger partial charge in [-0.2, -0.15) is 11.8 Å². The smallest absolute Gasteiger partial charge is 0.0502 e. The molecule has 2 heterocycles. The maximum absolute atomic E-state index is 4.32. The van der Waals surface area contributed by atoms with Crippen LogP contribution in [-0.2, 0) is 5.75 Å². The highest BCUT2D eigenvalue weighted by atomic mass is 32.2. The van der Waals surface area contributed by atoms with Crippen molar-refractivity contribution < 1.29 is 0 Å². The zero-order valence-corrected chi connectivity index (χ0v) is 9.80. The zero-order chi connectivity index (χ0) is 10.3. The molecule has 3 heteroatoms. The Morgan fingerprint density at radius 3 is 3.20 bits per heavy atom. The molecule has 0 unspecified atom stereocenters. The molecule has 0 aromatic carbocycles. The van der Waals surface area contributed by atoms with E-state index in [9.17, 15) is 0 Å². The molecule has 2 rings (SSSR count). The standard InChI is InChI=1S/C12H18N2S/c1-2-7-14-12(5-1)10-15-9-11-4-3-6-13-8-11/h1-2,5,7,11,13H,3-4,6,8-10H2/t11-/m1/s1. The number of pyridine rings is 1. The molecule has 0 spiro atoms. The third-order valence-corrected chi connectivity index (χ3v) is 3.94. The van der Waals surface area contributed by atoms with Crippen molar-refractivity contribution >= 4 is 11.8 Å². The van der Waals surface area contributed by atoms with Gasteiger partial charge in [0.15, 0.2) is 0 Å². The number of hydrogen-bond donors (Lipinski definition) is 1. The molecule has 0 bridgehead atoms. The SMILES string of the molecule is c1ccc(CSC[C@@H]2CCCNC2)nc1. The van der Waals surface area contributed by atoms with Crippen molar-refractivity contribution in [2.45, 2.75) is 18.6 Å². The number of aromatic nitrogens is 1. The van der Waals surface area contributed by atoms with Crippen molar-refractivity contribution in [2.75, 3.05) is 18.8 Å². The van der Waals surface area contributed by atoms with E-state index in [0.29, 0.717) is 0 Å². The summed E-state index contributed by atoms with van der Waals surface area (Å²) in [5.74, 6) is 3.19.